The number of ether oxygens (including phenoxy) is 1. The molecule has 1 saturated carbocycles. The lowest BCUT2D eigenvalue weighted by molar-refractivity contribution is -0.129. The van der Waals surface area contributed by atoms with Crippen molar-refractivity contribution in [3.05, 3.63) is 20.9 Å². The predicted octanol–water partition coefficient (Wildman–Crippen LogP) is 2.45. The van der Waals surface area contributed by atoms with Gasteiger partial charge in [-0.2, -0.15) is 0 Å². The van der Waals surface area contributed by atoms with Crippen LogP contribution in [0.4, 0.5) is 5.69 Å². The van der Waals surface area contributed by atoms with Crippen molar-refractivity contribution in [2.24, 2.45) is 0 Å². The number of carbonyl (C=O) groups is 2. The van der Waals surface area contributed by atoms with Gasteiger partial charge in [-0.25, -0.2) is 9.78 Å². The largest absolute Gasteiger partial charge is 0.448 e. The highest BCUT2D eigenvalue weighted by atomic mass is 35.5. The Hall–Kier alpha value is -1.24. The summed E-state index contributed by atoms with van der Waals surface area (Å²) in [5, 5.41) is 2.34. The van der Waals surface area contributed by atoms with Gasteiger partial charge in [-0.3, -0.25) is 4.79 Å². The number of nitrogens with zero attached hydrogens (tertiary/aromatic N) is 1. The molecule has 9 heteroatoms. The van der Waals surface area contributed by atoms with E-state index in [0.29, 0.717) is 0 Å². The number of esters is 1. The van der Waals surface area contributed by atoms with Gasteiger partial charge in [0.2, 0.25) is 0 Å². The third kappa shape index (κ3) is 3.70. The Kier molecular flexibility index (Phi) is 4.81. The van der Waals surface area contributed by atoms with Crippen molar-refractivity contribution in [2.75, 3.05) is 5.73 Å². The number of rotatable bonds is 4. The summed E-state index contributed by atoms with van der Waals surface area (Å²) in [6.45, 7) is 1.45. The molecule has 0 saturated heterocycles. The second kappa shape index (κ2) is 6.25. The molecule has 21 heavy (non-hydrogen) atoms. The van der Waals surface area contributed by atoms with E-state index in [0.717, 1.165) is 12.8 Å². The van der Waals surface area contributed by atoms with E-state index in [1.165, 1.54) is 6.92 Å². The van der Waals surface area contributed by atoms with E-state index in [1.807, 2.05) is 0 Å². The third-order valence-electron chi connectivity index (χ3n) is 2.84. The van der Waals surface area contributed by atoms with Gasteiger partial charge in [0.05, 0.1) is 10.7 Å². The minimum absolute atomic E-state index is 0.0438. The van der Waals surface area contributed by atoms with E-state index in [-0.39, 0.29) is 38.5 Å². The summed E-state index contributed by atoms with van der Waals surface area (Å²) in [6, 6.07) is 0.168. The van der Waals surface area contributed by atoms with Crippen LogP contribution in [0.3, 0.4) is 0 Å². The fourth-order valence-electron chi connectivity index (χ4n) is 1.48. The highest BCUT2D eigenvalue weighted by Crippen LogP contribution is 2.34. The van der Waals surface area contributed by atoms with E-state index in [4.69, 9.17) is 45.3 Å². The molecule has 1 heterocycles. The molecule has 0 radical (unpaired) electrons. The summed E-state index contributed by atoms with van der Waals surface area (Å²) < 4.78 is 5.00. The molecule has 114 valence electrons. The summed E-state index contributed by atoms with van der Waals surface area (Å²) in [7, 11) is 0. The minimum atomic E-state index is -0.980. The fraction of sp³-hybridized carbons (Fsp3) is 0.417. The zero-order valence-corrected chi connectivity index (χ0v) is 13.2. The Morgan fingerprint density at radius 2 is 1.95 bits per heavy atom. The zero-order chi connectivity index (χ0) is 15.7. The average Bonchev–Trinajstić information content (AvgIpc) is 3.24. The third-order valence-corrected chi connectivity index (χ3v) is 3.98. The Bertz CT molecular complexity index is 605. The molecule has 1 amide bonds. The van der Waals surface area contributed by atoms with Gasteiger partial charge in [0.15, 0.2) is 17.0 Å². The Balaban J connectivity index is 2.11. The normalized spacial score (nSPS) is 15.4. The summed E-state index contributed by atoms with van der Waals surface area (Å²) >= 11 is 17.4. The van der Waals surface area contributed by atoms with Gasteiger partial charge >= 0.3 is 5.97 Å². The number of anilines is 1. The van der Waals surface area contributed by atoms with Crippen molar-refractivity contribution in [1.29, 1.82) is 0 Å². The number of nitrogen functional groups attached to an aromatic ring is 1. The summed E-state index contributed by atoms with van der Waals surface area (Å²) in [5.41, 5.74) is 5.26. The van der Waals surface area contributed by atoms with Crippen LogP contribution in [0.1, 0.15) is 30.3 Å². The molecule has 0 spiro atoms. The number of pyridine rings is 1. The number of hydrogen-bond acceptors (Lipinski definition) is 5. The predicted molar refractivity (Wildman–Crippen MR) is 79.7 cm³/mol. The molecule has 1 fully saturated rings. The minimum Gasteiger partial charge on any atom is -0.448 e. The number of halogens is 3. The number of amides is 1. The van der Waals surface area contributed by atoms with Crippen LogP contribution in [0.25, 0.3) is 0 Å². The molecular formula is C12H12Cl3N3O3. The lowest BCUT2D eigenvalue weighted by atomic mass is 10.3. The molecule has 0 aliphatic heterocycles. The van der Waals surface area contributed by atoms with Crippen molar-refractivity contribution < 1.29 is 14.3 Å². The van der Waals surface area contributed by atoms with Crippen LogP contribution >= 0.6 is 34.8 Å². The van der Waals surface area contributed by atoms with Crippen LogP contribution < -0.4 is 11.1 Å². The van der Waals surface area contributed by atoms with Crippen molar-refractivity contribution in [3.63, 3.8) is 0 Å². The van der Waals surface area contributed by atoms with E-state index in [9.17, 15) is 9.59 Å². The van der Waals surface area contributed by atoms with Crippen LogP contribution in [-0.2, 0) is 9.53 Å². The molecule has 3 N–H and O–H groups in total. The molecule has 0 aromatic carbocycles. The van der Waals surface area contributed by atoms with Gasteiger partial charge in [-0.1, -0.05) is 34.8 Å². The summed E-state index contributed by atoms with van der Waals surface area (Å²) in [6.07, 6.45) is 0.887. The molecule has 1 aliphatic rings. The van der Waals surface area contributed by atoms with Gasteiger partial charge in [0.1, 0.15) is 5.02 Å². The molecule has 1 atom stereocenters. The van der Waals surface area contributed by atoms with Crippen molar-refractivity contribution in [3.8, 4) is 0 Å². The standard InChI is InChI=1S/C12H12Cl3N3O3/c1-4(11(19)17-5-2-3-5)21-12(20)9-6(13)8(16)7(14)10(15)18-9/h4-5H,2-3H2,1H3,(H2,16,18)(H,17,19). The SMILES string of the molecule is CC(OC(=O)c1nc(Cl)c(Cl)c(N)c1Cl)C(=O)NC1CC1. The first-order valence-corrected chi connectivity index (χ1v) is 7.26. The molecule has 1 aromatic rings. The summed E-state index contributed by atoms with van der Waals surface area (Å²) in [5.74, 6) is -1.28. The first-order chi connectivity index (χ1) is 9.81. The fourth-order valence-corrected chi connectivity index (χ4v) is 2.07. The zero-order valence-electron chi connectivity index (χ0n) is 11.0. The van der Waals surface area contributed by atoms with Gasteiger partial charge in [-0.15, -0.1) is 0 Å². The number of nitrogens with one attached hydrogen (secondary N) is 1. The van der Waals surface area contributed by atoms with Crippen molar-refractivity contribution >= 4 is 52.4 Å². The maximum Gasteiger partial charge on any atom is 0.359 e. The number of nitrogens with two attached hydrogens (primary N) is 1. The maximum atomic E-state index is 12.0. The lowest BCUT2D eigenvalue weighted by Gasteiger charge is -2.14. The van der Waals surface area contributed by atoms with Crippen molar-refractivity contribution in [1.82, 2.24) is 10.3 Å². The molecule has 1 unspecified atom stereocenters. The van der Waals surface area contributed by atoms with Crippen LogP contribution in [-0.4, -0.2) is 29.0 Å². The van der Waals surface area contributed by atoms with Gasteiger partial charge in [-0.05, 0) is 19.8 Å². The molecule has 1 aliphatic carbocycles. The van der Waals surface area contributed by atoms with Gasteiger partial charge in [0, 0.05) is 6.04 Å². The molecular weight excluding hydrogens is 341 g/mol. The Morgan fingerprint density at radius 1 is 1.33 bits per heavy atom. The number of hydrogen-bond donors (Lipinski definition) is 2. The van der Waals surface area contributed by atoms with E-state index in [2.05, 4.69) is 10.3 Å². The monoisotopic (exact) mass is 351 g/mol. The molecule has 0 bridgehead atoms. The van der Waals surface area contributed by atoms with Crippen molar-refractivity contribution in [2.45, 2.75) is 31.9 Å². The smallest absolute Gasteiger partial charge is 0.359 e. The quantitative estimate of drug-likeness (QED) is 0.641. The van der Waals surface area contributed by atoms with Crippen LogP contribution in [0.5, 0.6) is 0 Å². The topological polar surface area (TPSA) is 94.3 Å². The Morgan fingerprint density at radius 3 is 2.52 bits per heavy atom. The summed E-state index contributed by atoms with van der Waals surface area (Å²) in [4.78, 5) is 27.4. The van der Waals surface area contributed by atoms with Crippen LogP contribution in [0.15, 0.2) is 0 Å². The van der Waals surface area contributed by atoms with Gasteiger partial charge < -0.3 is 15.8 Å². The number of aromatic nitrogens is 1. The van der Waals surface area contributed by atoms with Gasteiger partial charge in [0.25, 0.3) is 5.91 Å². The lowest BCUT2D eigenvalue weighted by Crippen LogP contribution is -2.37. The first kappa shape index (κ1) is 16.1. The average molecular weight is 353 g/mol. The van der Waals surface area contributed by atoms with E-state index in [1.54, 1.807) is 0 Å². The molecule has 1 aromatic heterocycles. The Labute approximate surface area is 135 Å². The van der Waals surface area contributed by atoms with E-state index < -0.39 is 12.1 Å². The highest BCUT2D eigenvalue weighted by Gasteiger charge is 2.29. The second-order valence-electron chi connectivity index (χ2n) is 4.62. The van der Waals surface area contributed by atoms with Crippen LogP contribution in [0.2, 0.25) is 15.2 Å². The highest BCUT2D eigenvalue weighted by molar-refractivity contribution is 6.46. The molecule has 2 rings (SSSR count). The van der Waals surface area contributed by atoms with E-state index >= 15 is 0 Å². The maximum absolute atomic E-state index is 12.0. The number of carbonyl (C=O) groups excluding carboxylic acids is 2. The first-order valence-electron chi connectivity index (χ1n) is 6.12. The van der Waals surface area contributed by atoms with Crippen LogP contribution in [0, 0.1) is 0 Å². The molecule has 6 nitrogen and oxygen atoms in total. The second-order valence-corrected chi connectivity index (χ2v) is 5.74.